The SMILES string of the molecule is CC(C)C(=O)Nc1ccc(NC(=S)NC(=O)/C=C/c2ccco2)cc1. The molecule has 0 radical (unpaired) electrons. The van der Waals surface area contributed by atoms with Crippen LogP contribution in [0.25, 0.3) is 6.08 Å². The Bertz CT molecular complexity index is 765. The summed E-state index contributed by atoms with van der Waals surface area (Å²) in [7, 11) is 0. The topological polar surface area (TPSA) is 83.4 Å². The van der Waals surface area contributed by atoms with Gasteiger partial charge in [-0.3, -0.25) is 14.9 Å². The lowest BCUT2D eigenvalue weighted by Crippen LogP contribution is -2.32. The fraction of sp³-hybridized carbons (Fsp3) is 0.167. The van der Waals surface area contributed by atoms with Gasteiger partial charge in [-0.15, -0.1) is 0 Å². The van der Waals surface area contributed by atoms with Gasteiger partial charge in [0, 0.05) is 23.4 Å². The van der Waals surface area contributed by atoms with Crippen molar-refractivity contribution in [3.8, 4) is 0 Å². The summed E-state index contributed by atoms with van der Waals surface area (Å²) in [6, 6.07) is 10.5. The summed E-state index contributed by atoms with van der Waals surface area (Å²) in [5.74, 6) is 0.0736. The normalized spacial score (nSPS) is 10.7. The molecule has 1 heterocycles. The van der Waals surface area contributed by atoms with Crippen molar-refractivity contribution in [3.63, 3.8) is 0 Å². The number of thiocarbonyl (C=S) groups is 1. The van der Waals surface area contributed by atoms with Gasteiger partial charge in [0.1, 0.15) is 5.76 Å². The number of anilines is 2. The third-order valence-electron chi connectivity index (χ3n) is 3.11. The fourth-order valence-corrected chi connectivity index (χ4v) is 2.00. The fourth-order valence-electron chi connectivity index (χ4n) is 1.78. The molecule has 2 aromatic rings. The quantitative estimate of drug-likeness (QED) is 0.564. The lowest BCUT2D eigenvalue weighted by atomic mass is 10.2. The summed E-state index contributed by atoms with van der Waals surface area (Å²) in [5.41, 5.74) is 1.39. The lowest BCUT2D eigenvalue weighted by Gasteiger charge is -2.10. The van der Waals surface area contributed by atoms with Gasteiger partial charge >= 0.3 is 0 Å². The highest BCUT2D eigenvalue weighted by molar-refractivity contribution is 7.80. The van der Waals surface area contributed by atoms with Crippen LogP contribution in [-0.2, 0) is 9.59 Å². The van der Waals surface area contributed by atoms with E-state index in [1.165, 1.54) is 12.3 Å². The average Bonchev–Trinajstić information content (AvgIpc) is 3.08. The highest BCUT2D eigenvalue weighted by Gasteiger charge is 2.07. The Hall–Kier alpha value is -2.93. The smallest absolute Gasteiger partial charge is 0.250 e. The molecular formula is C18H19N3O3S. The number of nitrogens with one attached hydrogen (secondary N) is 3. The molecule has 0 saturated carbocycles. The van der Waals surface area contributed by atoms with Gasteiger partial charge in [-0.2, -0.15) is 0 Å². The van der Waals surface area contributed by atoms with E-state index >= 15 is 0 Å². The zero-order valence-corrected chi connectivity index (χ0v) is 14.7. The van der Waals surface area contributed by atoms with Crippen molar-refractivity contribution in [1.82, 2.24) is 5.32 Å². The number of rotatable bonds is 5. The van der Waals surface area contributed by atoms with Crippen molar-refractivity contribution in [2.24, 2.45) is 5.92 Å². The van der Waals surface area contributed by atoms with Crippen LogP contribution >= 0.6 is 12.2 Å². The van der Waals surface area contributed by atoms with Gasteiger partial charge in [0.15, 0.2) is 5.11 Å². The number of hydrogen-bond acceptors (Lipinski definition) is 4. The molecule has 0 saturated heterocycles. The highest BCUT2D eigenvalue weighted by Crippen LogP contribution is 2.14. The van der Waals surface area contributed by atoms with Gasteiger partial charge in [0.25, 0.3) is 0 Å². The van der Waals surface area contributed by atoms with Gasteiger partial charge in [-0.25, -0.2) is 0 Å². The van der Waals surface area contributed by atoms with E-state index in [2.05, 4.69) is 16.0 Å². The molecule has 6 nitrogen and oxygen atoms in total. The summed E-state index contributed by atoms with van der Waals surface area (Å²) in [6.45, 7) is 3.65. The molecule has 1 aromatic carbocycles. The van der Waals surface area contributed by atoms with Crippen LogP contribution in [0.1, 0.15) is 19.6 Å². The molecule has 1 aromatic heterocycles. The minimum atomic E-state index is -0.366. The summed E-state index contributed by atoms with van der Waals surface area (Å²) >= 11 is 5.09. The molecule has 25 heavy (non-hydrogen) atoms. The molecule has 3 N–H and O–H groups in total. The van der Waals surface area contributed by atoms with E-state index in [4.69, 9.17) is 16.6 Å². The zero-order valence-electron chi connectivity index (χ0n) is 13.9. The summed E-state index contributed by atoms with van der Waals surface area (Å²) in [6.07, 6.45) is 4.40. The second kappa shape index (κ2) is 8.79. The highest BCUT2D eigenvalue weighted by atomic mass is 32.1. The maximum Gasteiger partial charge on any atom is 0.250 e. The molecule has 0 spiro atoms. The maximum absolute atomic E-state index is 11.8. The van der Waals surface area contributed by atoms with E-state index in [0.717, 1.165) is 0 Å². The van der Waals surface area contributed by atoms with Crippen LogP contribution in [0.4, 0.5) is 11.4 Å². The van der Waals surface area contributed by atoms with Crippen molar-refractivity contribution in [2.75, 3.05) is 10.6 Å². The Balaban J connectivity index is 1.83. The first kappa shape index (κ1) is 18.4. The van der Waals surface area contributed by atoms with E-state index in [9.17, 15) is 9.59 Å². The second-order valence-electron chi connectivity index (χ2n) is 5.51. The van der Waals surface area contributed by atoms with Gasteiger partial charge < -0.3 is 15.1 Å². The third kappa shape index (κ3) is 6.23. The Morgan fingerprint density at radius 2 is 1.72 bits per heavy atom. The van der Waals surface area contributed by atoms with E-state index in [1.54, 1.807) is 42.5 Å². The van der Waals surface area contributed by atoms with Crippen LogP contribution in [0.5, 0.6) is 0 Å². The molecule has 7 heteroatoms. The number of hydrogen-bond donors (Lipinski definition) is 3. The second-order valence-corrected chi connectivity index (χ2v) is 5.92. The van der Waals surface area contributed by atoms with Gasteiger partial charge in [0.2, 0.25) is 11.8 Å². The summed E-state index contributed by atoms with van der Waals surface area (Å²) in [5, 5.41) is 8.41. The van der Waals surface area contributed by atoms with Crippen LogP contribution < -0.4 is 16.0 Å². The predicted molar refractivity (Wildman–Crippen MR) is 102 cm³/mol. The number of furan rings is 1. The Morgan fingerprint density at radius 3 is 2.28 bits per heavy atom. The zero-order chi connectivity index (χ0) is 18.2. The molecule has 0 atom stereocenters. The lowest BCUT2D eigenvalue weighted by molar-refractivity contribution is -0.119. The van der Waals surface area contributed by atoms with E-state index in [-0.39, 0.29) is 22.8 Å². The Kier molecular flexibility index (Phi) is 6.47. The van der Waals surface area contributed by atoms with E-state index in [1.807, 2.05) is 13.8 Å². The number of amides is 2. The van der Waals surface area contributed by atoms with Crippen LogP contribution in [-0.4, -0.2) is 16.9 Å². The van der Waals surface area contributed by atoms with E-state index < -0.39 is 0 Å². The first-order chi connectivity index (χ1) is 11.9. The first-order valence-corrected chi connectivity index (χ1v) is 8.09. The summed E-state index contributed by atoms with van der Waals surface area (Å²) < 4.78 is 5.09. The molecule has 2 rings (SSSR count). The van der Waals surface area contributed by atoms with Gasteiger partial charge in [-0.1, -0.05) is 13.8 Å². The minimum absolute atomic E-state index is 0.0492. The number of carbonyl (C=O) groups excluding carboxylic acids is 2. The van der Waals surface area contributed by atoms with Crippen molar-refractivity contribution in [1.29, 1.82) is 0 Å². The number of carbonyl (C=O) groups is 2. The maximum atomic E-state index is 11.8. The number of benzene rings is 1. The van der Waals surface area contributed by atoms with Crippen LogP contribution in [0.15, 0.2) is 53.2 Å². The minimum Gasteiger partial charge on any atom is -0.465 e. The van der Waals surface area contributed by atoms with Gasteiger partial charge in [-0.05, 0) is 54.7 Å². The van der Waals surface area contributed by atoms with Gasteiger partial charge in [0.05, 0.1) is 6.26 Å². The third-order valence-corrected chi connectivity index (χ3v) is 3.32. The van der Waals surface area contributed by atoms with Crippen molar-refractivity contribution in [2.45, 2.75) is 13.8 Å². The first-order valence-electron chi connectivity index (χ1n) is 7.68. The Labute approximate surface area is 151 Å². The molecule has 0 unspecified atom stereocenters. The standard InChI is InChI=1S/C18H19N3O3S/c1-12(2)17(23)19-13-5-7-14(8-6-13)20-18(25)21-16(22)10-9-15-4-3-11-24-15/h3-12H,1-2H3,(H,19,23)(H2,20,21,22,25)/b10-9+. The molecule has 0 aliphatic heterocycles. The molecule has 0 aliphatic rings. The van der Waals surface area contributed by atoms with Crippen molar-refractivity contribution >= 4 is 46.6 Å². The largest absolute Gasteiger partial charge is 0.465 e. The molecule has 0 aliphatic carbocycles. The molecule has 130 valence electrons. The van der Waals surface area contributed by atoms with Crippen molar-refractivity contribution < 1.29 is 14.0 Å². The average molecular weight is 357 g/mol. The van der Waals surface area contributed by atoms with E-state index in [0.29, 0.717) is 17.1 Å². The molecular weight excluding hydrogens is 338 g/mol. The Morgan fingerprint density at radius 1 is 1.08 bits per heavy atom. The molecule has 2 amide bonds. The molecule has 0 bridgehead atoms. The van der Waals surface area contributed by atoms with Crippen molar-refractivity contribution in [3.05, 3.63) is 54.5 Å². The monoisotopic (exact) mass is 357 g/mol. The van der Waals surface area contributed by atoms with Crippen LogP contribution in [0.2, 0.25) is 0 Å². The summed E-state index contributed by atoms with van der Waals surface area (Å²) in [4.78, 5) is 23.4. The molecule has 0 fully saturated rings. The van der Waals surface area contributed by atoms with Crippen LogP contribution in [0.3, 0.4) is 0 Å². The van der Waals surface area contributed by atoms with Crippen LogP contribution in [0, 0.1) is 5.92 Å². The predicted octanol–water partition coefficient (Wildman–Crippen LogP) is 3.40.